The fourth-order valence-electron chi connectivity index (χ4n) is 2.63. The van der Waals surface area contributed by atoms with Crippen LogP contribution in [0.5, 0.6) is 5.75 Å². The highest BCUT2D eigenvalue weighted by atomic mass is 16.3. The second kappa shape index (κ2) is 7.31. The largest absolute Gasteiger partial charge is 0.508 e. The molecule has 0 aromatic heterocycles. The van der Waals surface area contributed by atoms with Crippen LogP contribution in [0.4, 0.5) is 5.69 Å². The van der Waals surface area contributed by atoms with Crippen molar-refractivity contribution < 1.29 is 9.90 Å². The van der Waals surface area contributed by atoms with Gasteiger partial charge in [-0.3, -0.25) is 4.79 Å². The van der Waals surface area contributed by atoms with Gasteiger partial charge >= 0.3 is 0 Å². The number of hydrogen-bond donors (Lipinski definition) is 2. The van der Waals surface area contributed by atoms with E-state index >= 15 is 0 Å². The van der Waals surface area contributed by atoms with Crippen molar-refractivity contribution in [3.05, 3.63) is 24.3 Å². The van der Waals surface area contributed by atoms with Crippen molar-refractivity contribution >= 4 is 11.6 Å². The van der Waals surface area contributed by atoms with E-state index in [2.05, 4.69) is 11.8 Å². The first-order chi connectivity index (χ1) is 10.1. The van der Waals surface area contributed by atoms with Crippen LogP contribution in [0.1, 0.15) is 26.2 Å². The van der Waals surface area contributed by atoms with E-state index in [1.165, 1.54) is 0 Å². The van der Waals surface area contributed by atoms with Gasteiger partial charge in [0.1, 0.15) is 5.75 Å². The smallest absolute Gasteiger partial charge is 0.239 e. The molecule has 21 heavy (non-hydrogen) atoms. The first kappa shape index (κ1) is 15.6. The summed E-state index contributed by atoms with van der Waals surface area (Å²) in [6.45, 7) is 5.13. The average Bonchev–Trinajstić information content (AvgIpc) is 2.53. The molecule has 1 unspecified atom stereocenters. The molecular weight excluding hydrogens is 266 g/mol. The topological polar surface area (TPSA) is 69.8 Å². The van der Waals surface area contributed by atoms with Gasteiger partial charge in [0.25, 0.3) is 0 Å². The van der Waals surface area contributed by atoms with Crippen molar-refractivity contribution in [3.63, 3.8) is 0 Å². The van der Waals surface area contributed by atoms with Gasteiger partial charge in [-0.1, -0.05) is 19.8 Å². The van der Waals surface area contributed by atoms with Gasteiger partial charge in [0.2, 0.25) is 5.91 Å². The Morgan fingerprint density at radius 2 is 1.86 bits per heavy atom. The minimum absolute atomic E-state index is 0.0776. The number of nitrogens with zero attached hydrogens (tertiary/aromatic N) is 2. The number of piperazine rings is 1. The lowest BCUT2D eigenvalue weighted by Crippen LogP contribution is -2.53. The summed E-state index contributed by atoms with van der Waals surface area (Å²) in [5.74, 6) is 0.350. The number of carbonyl (C=O) groups is 1. The molecule has 0 bridgehead atoms. The number of amides is 1. The molecule has 0 saturated carbocycles. The number of hydrogen-bond acceptors (Lipinski definition) is 4. The van der Waals surface area contributed by atoms with Crippen LogP contribution < -0.4 is 10.6 Å². The summed E-state index contributed by atoms with van der Waals surface area (Å²) in [5, 5.41) is 9.32. The van der Waals surface area contributed by atoms with E-state index in [-0.39, 0.29) is 17.7 Å². The standard InChI is InChI=1S/C16H25N3O2/c1-2-3-4-15(17)16(21)19-11-9-18(10-12-19)13-5-7-14(20)8-6-13/h5-8,15,20H,2-4,9-12,17H2,1H3. The molecule has 1 atom stereocenters. The summed E-state index contributed by atoms with van der Waals surface area (Å²) in [5.41, 5.74) is 7.04. The lowest BCUT2D eigenvalue weighted by atomic mass is 10.1. The van der Waals surface area contributed by atoms with E-state index in [1.807, 2.05) is 17.0 Å². The van der Waals surface area contributed by atoms with Gasteiger partial charge in [-0.25, -0.2) is 0 Å². The lowest BCUT2D eigenvalue weighted by molar-refractivity contribution is -0.133. The number of benzene rings is 1. The number of phenols is 1. The van der Waals surface area contributed by atoms with Gasteiger partial charge in [-0.05, 0) is 30.7 Å². The highest BCUT2D eigenvalue weighted by Gasteiger charge is 2.24. The number of phenolic OH excluding ortho intramolecular Hbond substituents is 1. The lowest BCUT2D eigenvalue weighted by Gasteiger charge is -2.37. The molecule has 1 aromatic rings. The van der Waals surface area contributed by atoms with Gasteiger partial charge < -0.3 is 20.6 Å². The average molecular weight is 291 g/mol. The number of anilines is 1. The predicted octanol–water partition coefficient (Wildman–Crippen LogP) is 1.56. The molecule has 0 radical (unpaired) electrons. The minimum Gasteiger partial charge on any atom is -0.508 e. The van der Waals surface area contributed by atoms with Crippen LogP contribution in [-0.2, 0) is 4.79 Å². The molecule has 0 spiro atoms. The second-order valence-electron chi connectivity index (χ2n) is 5.58. The summed E-state index contributed by atoms with van der Waals surface area (Å²) in [6.07, 6.45) is 2.84. The zero-order valence-corrected chi connectivity index (χ0v) is 12.7. The molecule has 3 N–H and O–H groups in total. The van der Waals surface area contributed by atoms with Gasteiger partial charge in [0, 0.05) is 31.9 Å². The molecule has 1 aromatic carbocycles. The van der Waals surface area contributed by atoms with E-state index in [9.17, 15) is 9.90 Å². The van der Waals surface area contributed by atoms with Crippen LogP contribution >= 0.6 is 0 Å². The first-order valence-electron chi connectivity index (χ1n) is 7.70. The summed E-state index contributed by atoms with van der Waals surface area (Å²) >= 11 is 0. The molecule has 5 heteroatoms. The molecule has 1 heterocycles. The van der Waals surface area contributed by atoms with E-state index < -0.39 is 0 Å². The molecule has 116 valence electrons. The Morgan fingerprint density at radius 3 is 2.43 bits per heavy atom. The third kappa shape index (κ3) is 4.11. The van der Waals surface area contributed by atoms with E-state index in [0.29, 0.717) is 13.1 Å². The summed E-state index contributed by atoms with van der Waals surface area (Å²) < 4.78 is 0. The van der Waals surface area contributed by atoms with Crippen LogP contribution in [0, 0.1) is 0 Å². The Hall–Kier alpha value is -1.75. The van der Waals surface area contributed by atoms with Crippen LogP contribution in [0.25, 0.3) is 0 Å². The van der Waals surface area contributed by atoms with Crippen molar-refractivity contribution in [2.45, 2.75) is 32.2 Å². The summed E-state index contributed by atoms with van der Waals surface area (Å²) in [7, 11) is 0. The first-order valence-corrected chi connectivity index (χ1v) is 7.70. The highest BCUT2D eigenvalue weighted by Crippen LogP contribution is 2.20. The zero-order valence-electron chi connectivity index (χ0n) is 12.7. The number of aromatic hydroxyl groups is 1. The van der Waals surface area contributed by atoms with Crippen LogP contribution in [0.15, 0.2) is 24.3 Å². The minimum atomic E-state index is -0.356. The Balaban J connectivity index is 1.85. The molecular formula is C16H25N3O2. The number of nitrogens with two attached hydrogens (primary N) is 1. The molecule has 1 aliphatic heterocycles. The Kier molecular flexibility index (Phi) is 5.44. The van der Waals surface area contributed by atoms with E-state index in [0.717, 1.165) is 38.0 Å². The Labute approximate surface area is 126 Å². The van der Waals surface area contributed by atoms with Gasteiger partial charge in [-0.15, -0.1) is 0 Å². The predicted molar refractivity (Wildman–Crippen MR) is 84.4 cm³/mol. The Bertz CT molecular complexity index is 453. The van der Waals surface area contributed by atoms with Crippen molar-refractivity contribution in [1.82, 2.24) is 4.90 Å². The quantitative estimate of drug-likeness (QED) is 0.864. The fourth-order valence-corrected chi connectivity index (χ4v) is 2.63. The SMILES string of the molecule is CCCCC(N)C(=O)N1CCN(c2ccc(O)cc2)CC1. The molecule has 0 aliphatic carbocycles. The molecule has 2 rings (SSSR count). The maximum Gasteiger partial charge on any atom is 0.239 e. The van der Waals surface area contributed by atoms with Crippen molar-refractivity contribution in [1.29, 1.82) is 0 Å². The molecule has 1 aliphatic rings. The van der Waals surface area contributed by atoms with Crippen molar-refractivity contribution in [2.24, 2.45) is 5.73 Å². The van der Waals surface area contributed by atoms with E-state index in [1.54, 1.807) is 12.1 Å². The normalized spacial score (nSPS) is 16.9. The van der Waals surface area contributed by atoms with Crippen LogP contribution in [0.2, 0.25) is 0 Å². The van der Waals surface area contributed by atoms with Crippen molar-refractivity contribution in [3.8, 4) is 5.75 Å². The zero-order chi connectivity index (χ0) is 15.2. The third-order valence-corrected chi connectivity index (χ3v) is 3.99. The van der Waals surface area contributed by atoms with Crippen molar-refractivity contribution in [2.75, 3.05) is 31.1 Å². The Morgan fingerprint density at radius 1 is 1.24 bits per heavy atom. The van der Waals surface area contributed by atoms with E-state index in [4.69, 9.17) is 5.73 Å². The maximum absolute atomic E-state index is 12.2. The summed E-state index contributed by atoms with van der Waals surface area (Å²) in [4.78, 5) is 16.3. The monoisotopic (exact) mass is 291 g/mol. The number of unbranched alkanes of at least 4 members (excludes halogenated alkanes) is 1. The van der Waals surface area contributed by atoms with Crippen LogP contribution in [-0.4, -0.2) is 48.1 Å². The third-order valence-electron chi connectivity index (χ3n) is 3.99. The van der Waals surface area contributed by atoms with Gasteiger partial charge in [0.15, 0.2) is 0 Å². The van der Waals surface area contributed by atoms with Gasteiger partial charge in [-0.2, -0.15) is 0 Å². The molecule has 1 fully saturated rings. The molecule has 5 nitrogen and oxygen atoms in total. The van der Waals surface area contributed by atoms with Gasteiger partial charge in [0.05, 0.1) is 6.04 Å². The fraction of sp³-hybridized carbons (Fsp3) is 0.562. The highest BCUT2D eigenvalue weighted by molar-refractivity contribution is 5.81. The molecule has 1 amide bonds. The van der Waals surface area contributed by atoms with Crippen LogP contribution in [0.3, 0.4) is 0 Å². The number of rotatable bonds is 5. The summed E-state index contributed by atoms with van der Waals surface area (Å²) in [6, 6.07) is 6.82. The maximum atomic E-state index is 12.2. The number of carbonyl (C=O) groups excluding carboxylic acids is 1. The second-order valence-corrected chi connectivity index (χ2v) is 5.58. The molecule has 1 saturated heterocycles.